The summed E-state index contributed by atoms with van der Waals surface area (Å²) in [6.07, 6.45) is 4.72. The Morgan fingerprint density at radius 1 is 1.28 bits per heavy atom. The number of piperidine rings is 1. The average Bonchev–Trinajstić information content (AvgIpc) is 2.73. The van der Waals surface area contributed by atoms with E-state index >= 15 is 0 Å². The molecule has 2 aromatic rings. The topological polar surface area (TPSA) is 64.8 Å². The quantitative estimate of drug-likeness (QED) is 0.366. The molecule has 1 N–H and O–H groups in total. The number of nitrogens with one attached hydrogen (secondary N) is 1. The Balaban J connectivity index is 1.55. The molecular weight excluding hydrogens is 402 g/mol. The molecule has 0 unspecified atom stereocenters. The van der Waals surface area contributed by atoms with Crippen LogP contribution in [0.1, 0.15) is 49.3 Å². The number of benzene rings is 1. The highest BCUT2D eigenvalue weighted by molar-refractivity contribution is 8.00. The first-order chi connectivity index (χ1) is 14.1. The molecule has 2 heterocycles. The standard InChI is InChI=1S/C22H28ClN5S/c1-16(2)20-21(25-15-26-22(20)29-14-23)27-19-8-11-28(12-9-19)10-7-17-5-3-4-6-18(17)13-24/h3-6,15-16,19H,7-12,14H2,1-2H3,(H,25,26,27). The Kier molecular flexibility index (Phi) is 8.17. The Morgan fingerprint density at radius 2 is 2.03 bits per heavy atom. The lowest BCUT2D eigenvalue weighted by Crippen LogP contribution is -2.40. The molecule has 3 rings (SSSR count). The summed E-state index contributed by atoms with van der Waals surface area (Å²) in [5.74, 6) is 1.29. The third kappa shape index (κ3) is 5.85. The first-order valence-electron chi connectivity index (χ1n) is 10.1. The average molecular weight is 430 g/mol. The predicted octanol–water partition coefficient (Wildman–Crippen LogP) is 4.88. The summed E-state index contributed by atoms with van der Waals surface area (Å²) >= 11 is 7.48. The van der Waals surface area contributed by atoms with Crippen LogP contribution in [-0.2, 0) is 6.42 Å². The highest BCUT2D eigenvalue weighted by Crippen LogP contribution is 2.32. The second-order valence-corrected chi connectivity index (χ2v) is 9.18. The van der Waals surface area contributed by atoms with Crippen molar-refractivity contribution in [1.82, 2.24) is 14.9 Å². The summed E-state index contributed by atoms with van der Waals surface area (Å²) in [5, 5.41) is 14.4. The predicted molar refractivity (Wildman–Crippen MR) is 121 cm³/mol. The van der Waals surface area contributed by atoms with Gasteiger partial charge in [-0.2, -0.15) is 5.26 Å². The van der Waals surface area contributed by atoms with Gasteiger partial charge in [0.25, 0.3) is 0 Å². The van der Waals surface area contributed by atoms with Gasteiger partial charge < -0.3 is 10.2 Å². The van der Waals surface area contributed by atoms with E-state index in [0.29, 0.717) is 17.2 Å². The van der Waals surface area contributed by atoms with E-state index in [1.165, 1.54) is 0 Å². The third-order valence-electron chi connectivity index (χ3n) is 5.38. The maximum Gasteiger partial charge on any atom is 0.134 e. The van der Waals surface area contributed by atoms with E-state index in [-0.39, 0.29) is 0 Å². The molecule has 0 spiro atoms. The number of nitrogens with zero attached hydrogens (tertiary/aromatic N) is 4. The fourth-order valence-corrected chi connectivity index (χ4v) is 4.82. The number of thioether (sulfide) groups is 1. The molecule has 1 aliphatic heterocycles. The van der Waals surface area contributed by atoms with Crippen molar-refractivity contribution in [3.05, 3.63) is 47.3 Å². The number of rotatable bonds is 8. The van der Waals surface area contributed by atoms with Gasteiger partial charge in [-0.15, -0.1) is 11.6 Å². The monoisotopic (exact) mass is 429 g/mol. The highest BCUT2D eigenvalue weighted by atomic mass is 35.5. The van der Waals surface area contributed by atoms with E-state index in [1.807, 2.05) is 18.2 Å². The molecule has 1 fully saturated rings. The van der Waals surface area contributed by atoms with Crippen LogP contribution in [0.3, 0.4) is 0 Å². The molecule has 5 nitrogen and oxygen atoms in total. The molecule has 0 atom stereocenters. The van der Waals surface area contributed by atoms with Crippen LogP contribution in [0.4, 0.5) is 5.82 Å². The number of likely N-dealkylation sites (tertiary alicyclic amines) is 1. The summed E-state index contributed by atoms with van der Waals surface area (Å²) in [6, 6.07) is 10.6. The summed E-state index contributed by atoms with van der Waals surface area (Å²) in [6.45, 7) is 7.44. The van der Waals surface area contributed by atoms with Crippen LogP contribution >= 0.6 is 23.4 Å². The van der Waals surface area contributed by atoms with Gasteiger partial charge in [0.15, 0.2) is 0 Å². The molecule has 1 aliphatic rings. The van der Waals surface area contributed by atoms with Crippen LogP contribution in [0.25, 0.3) is 0 Å². The molecule has 0 saturated carbocycles. The van der Waals surface area contributed by atoms with Crippen LogP contribution in [-0.4, -0.2) is 45.8 Å². The van der Waals surface area contributed by atoms with Gasteiger partial charge in [0, 0.05) is 31.2 Å². The molecule has 1 aromatic carbocycles. The zero-order valence-electron chi connectivity index (χ0n) is 17.1. The normalized spacial score (nSPS) is 15.4. The Labute approximate surface area is 182 Å². The number of halogens is 1. The SMILES string of the molecule is CC(C)c1c(NC2CCN(CCc3ccccc3C#N)CC2)ncnc1SCCl. The van der Waals surface area contributed by atoms with E-state index in [2.05, 4.69) is 46.2 Å². The molecule has 0 radical (unpaired) electrons. The van der Waals surface area contributed by atoms with Crippen LogP contribution in [0, 0.1) is 11.3 Å². The van der Waals surface area contributed by atoms with Gasteiger partial charge in [-0.05, 0) is 36.8 Å². The lowest BCUT2D eigenvalue weighted by atomic mass is 10.0. The molecule has 0 aliphatic carbocycles. The van der Waals surface area contributed by atoms with Crippen molar-refractivity contribution in [2.24, 2.45) is 0 Å². The third-order valence-corrected chi connectivity index (χ3v) is 6.41. The summed E-state index contributed by atoms with van der Waals surface area (Å²) in [5.41, 5.74) is 3.09. The fraction of sp³-hybridized carbons (Fsp3) is 0.500. The number of anilines is 1. The molecule has 1 aromatic heterocycles. The summed E-state index contributed by atoms with van der Waals surface area (Å²) in [4.78, 5) is 11.4. The van der Waals surface area contributed by atoms with Crippen LogP contribution in [0.2, 0.25) is 0 Å². The van der Waals surface area contributed by atoms with Crippen molar-refractivity contribution in [2.45, 2.75) is 50.1 Å². The van der Waals surface area contributed by atoms with Gasteiger partial charge in [-0.3, -0.25) is 0 Å². The molecule has 1 saturated heterocycles. The van der Waals surface area contributed by atoms with Gasteiger partial charge >= 0.3 is 0 Å². The lowest BCUT2D eigenvalue weighted by Gasteiger charge is -2.33. The molecule has 0 bridgehead atoms. The van der Waals surface area contributed by atoms with Crippen molar-refractivity contribution in [3.8, 4) is 6.07 Å². The Hall–Kier alpha value is -1.81. The smallest absolute Gasteiger partial charge is 0.134 e. The van der Waals surface area contributed by atoms with E-state index in [9.17, 15) is 5.26 Å². The minimum atomic E-state index is 0.338. The second kappa shape index (κ2) is 10.8. The van der Waals surface area contributed by atoms with E-state index < -0.39 is 0 Å². The van der Waals surface area contributed by atoms with Gasteiger partial charge in [0.05, 0.1) is 16.8 Å². The number of hydrogen-bond donors (Lipinski definition) is 1. The van der Waals surface area contributed by atoms with Crippen molar-refractivity contribution in [1.29, 1.82) is 5.26 Å². The zero-order valence-corrected chi connectivity index (χ0v) is 18.6. The van der Waals surface area contributed by atoms with Crippen molar-refractivity contribution in [3.63, 3.8) is 0 Å². The van der Waals surface area contributed by atoms with Gasteiger partial charge in [0.1, 0.15) is 17.2 Å². The Morgan fingerprint density at radius 3 is 2.72 bits per heavy atom. The van der Waals surface area contributed by atoms with E-state index in [1.54, 1.807) is 18.1 Å². The molecule has 154 valence electrons. The van der Waals surface area contributed by atoms with E-state index in [0.717, 1.165) is 66.4 Å². The van der Waals surface area contributed by atoms with Gasteiger partial charge in [0.2, 0.25) is 0 Å². The van der Waals surface area contributed by atoms with E-state index in [4.69, 9.17) is 11.6 Å². The number of hydrogen-bond acceptors (Lipinski definition) is 6. The molecular formula is C22H28ClN5S. The first kappa shape index (κ1) is 21.9. The number of alkyl halides is 1. The molecule has 29 heavy (non-hydrogen) atoms. The zero-order chi connectivity index (χ0) is 20.6. The van der Waals surface area contributed by atoms with Crippen LogP contribution in [0.15, 0.2) is 35.6 Å². The minimum absolute atomic E-state index is 0.338. The maximum atomic E-state index is 9.25. The maximum absolute atomic E-state index is 9.25. The number of aromatic nitrogens is 2. The van der Waals surface area contributed by atoms with Gasteiger partial charge in [-0.1, -0.05) is 43.8 Å². The lowest BCUT2D eigenvalue weighted by molar-refractivity contribution is 0.221. The second-order valence-electron chi connectivity index (χ2n) is 7.63. The molecule has 7 heteroatoms. The van der Waals surface area contributed by atoms with Crippen LogP contribution < -0.4 is 5.32 Å². The summed E-state index contributed by atoms with van der Waals surface area (Å²) in [7, 11) is 0. The minimum Gasteiger partial charge on any atom is -0.367 e. The Bertz CT molecular complexity index is 843. The molecule has 0 amide bonds. The van der Waals surface area contributed by atoms with Crippen LogP contribution in [0.5, 0.6) is 0 Å². The van der Waals surface area contributed by atoms with Crippen molar-refractivity contribution < 1.29 is 0 Å². The first-order valence-corrected chi connectivity index (χ1v) is 11.6. The largest absolute Gasteiger partial charge is 0.367 e. The number of nitriles is 1. The summed E-state index contributed by atoms with van der Waals surface area (Å²) < 4.78 is 0. The van der Waals surface area contributed by atoms with Crippen molar-refractivity contribution >= 4 is 29.2 Å². The van der Waals surface area contributed by atoms with Gasteiger partial charge in [-0.25, -0.2) is 9.97 Å². The fourth-order valence-electron chi connectivity index (χ4n) is 3.80. The highest BCUT2D eigenvalue weighted by Gasteiger charge is 2.22. The van der Waals surface area contributed by atoms with Crippen molar-refractivity contribution in [2.75, 3.05) is 30.2 Å².